The van der Waals surface area contributed by atoms with E-state index in [1.807, 2.05) is 22.8 Å². The van der Waals surface area contributed by atoms with E-state index in [0.29, 0.717) is 34.4 Å². The molecule has 122 valence electrons. The quantitative estimate of drug-likeness (QED) is 0.523. The summed E-state index contributed by atoms with van der Waals surface area (Å²) in [5.41, 5.74) is 8.02. The number of nitrogens with zero attached hydrogens (tertiary/aromatic N) is 5. The molecule has 3 heterocycles. The van der Waals surface area contributed by atoms with Crippen LogP contribution in [0.3, 0.4) is 0 Å². The second-order valence-electron chi connectivity index (χ2n) is 4.84. The molecule has 4 aromatic rings. The van der Waals surface area contributed by atoms with Crippen molar-refractivity contribution in [2.45, 2.75) is 16.0 Å². The van der Waals surface area contributed by atoms with Crippen molar-refractivity contribution in [2.75, 3.05) is 11.6 Å². The van der Waals surface area contributed by atoms with Crippen molar-refractivity contribution in [2.24, 2.45) is 0 Å². The van der Waals surface area contributed by atoms with Gasteiger partial charge in [0, 0.05) is 12.4 Å². The Morgan fingerprint density at radius 1 is 1.25 bits per heavy atom. The first kappa shape index (κ1) is 15.9. The fourth-order valence-electron chi connectivity index (χ4n) is 2.31. The van der Waals surface area contributed by atoms with E-state index in [1.165, 1.54) is 29.4 Å². The standard InChI is InChI=1S/C14H10Cl2N6S2/c15-4-5-22-12-9(11(17)18-6-19-12)21-13(22)24-14-20-8-3-1-2-7(16)10(8)23-14/h1-3,6H,4-5H2,(H2,17,18,19). The number of fused-ring (bicyclic) bond motifs is 2. The van der Waals surface area contributed by atoms with Gasteiger partial charge in [0.1, 0.15) is 6.33 Å². The van der Waals surface area contributed by atoms with E-state index >= 15 is 0 Å². The van der Waals surface area contributed by atoms with Crippen molar-refractivity contribution in [3.05, 3.63) is 29.5 Å². The monoisotopic (exact) mass is 396 g/mol. The Balaban J connectivity index is 1.81. The number of thiazole rings is 1. The minimum Gasteiger partial charge on any atom is -0.382 e. The Morgan fingerprint density at radius 2 is 2.12 bits per heavy atom. The third-order valence-electron chi connectivity index (χ3n) is 3.36. The normalized spacial score (nSPS) is 11.6. The third kappa shape index (κ3) is 2.69. The summed E-state index contributed by atoms with van der Waals surface area (Å²) in [6.45, 7) is 0.572. The Hall–Kier alpha value is -1.61. The fraction of sp³-hybridized carbons (Fsp3) is 0.143. The zero-order valence-corrected chi connectivity index (χ0v) is 15.3. The van der Waals surface area contributed by atoms with E-state index < -0.39 is 0 Å². The van der Waals surface area contributed by atoms with Crippen LogP contribution in [0.1, 0.15) is 0 Å². The average Bonchev–Trinajstić information content (AvgIpc) is 3.12. The van der Waals surface area contributed by atoms with Gasteiger partial charge >= 0.3 is 0 Å². The number of aryl methyl sites for hydroxylation is 1. The maximum Gasteiger partial charge on any atom is 0.177 e. The van der Waals surface area contributed by atoms with Gasteiger partial charge in [-0.25, -0.2) is 19.9 Å². The number of halogens is 2. The summed E-state index contributed by atoms with van der Waals surface area (Å²) < 4.78 is 3.73. The van der Waals surface area contributed by atoms with Crippen LogP contribution in [0.15, 0.2) is 34.0 Å². The molecule has 0 amide bonds. The minimum absolute atomic E-state index is 0.350. The Bertz CT molecular complexity index is 1040. The summed E-state index contributed by atoms with van der Waals surface area (Å²) in [7, 11) is 0. The molecule has 24 heavy (non-hydrogen) atoms. The van der Waals surface area contributed by atoms with E-state index in [0.717, 1.165) is 19.7 Å². The van der Waals surface area contributed by atoms with Crippen molar-refractivity contribution in [3.63, 3.8) is 0 Å². The highest BCUT2D eigenvalue weighted by molar-refractivity contribution is 8.01. The number of anilines is 1. The number of benzene rings is 1. The van der Waals surface area contributed by atoms with E-state index in [-0.39, 0.29) is 0 Å². The molecule has 4 rings (SSSR count). The molecule has 1 aromatic carbocycles. The largest absolute Gasteiger partial charge is 0.382 e. The first-order chi connectivity index (χ1) is 11.7. The molecular weight excluding hydrogens is 387 g/mol. The predicted molar refractivity (Wildman–Crippen MR) is 99.2 cm³/mol. The van der Waals surface area contributed by atoms with Gasteiger partial charge in [0.15, 0.2) is 26.5 Å². The predicted octanol–water partition coefficient (Wildman–Crippen LogP) is 4.06. The molecule has 0 aliphatic heterocycles. The lowest BCUT2D eigenvalue weighted by Gasteiger charge is -2.04. The van der Waals surface area contributed by atoms with Crippen LogP contribution < -0.4 is 5.73 Å². The van der Waals surface area contributed by atoms with Gasteiger partial charge in [0.25, 0.3) is 0 Å². The summed E-state index contributed by atoms with van der Waals surface area (Å²) >= 11 is 15.1. The summed E-state index contributed by atoms with van der Waals surface area (Å²) in [4.78, 5) is 17.4. The number of imidazole rings is 1. The highest BCUT2D eigenvalue weighted by atomic mass is 35.5. The van der Waals surface area contributed by atoms with Crippen LogP contribution in [0.5, 0.6) is 0 Å². The zero-order valence-electron chi connectivity index (χ0n) is 12.1. The lowest BCUT2D eigenvalue weighted by Crippen LogP contribution is -2.02. The maximum absolute atomic E-state index is 6.23. The smallest absolute Gasteiger partial charge is 0.177 e. The first-order valence-electron chi connectivity index (χ1n) is 6.93. The van der Waals surface area contributed by atoms with Gasteiger partial charge in [-0.2, -0.15) is 0 Å². The second-order valence-corrected chi connectivity index (χ2v) is 7.83. The number of nitrogens with two attached hydrogens (primary N) is 1. The number of nitrogen functional groups attached to an aromatic ring is 1. The van der Waals surface area contributed by atoms with Gasteiger partial charge in [-0.1, -0.05) is 17.7 Å². The number of hydrogen-bond acceptors (Lipinski definition) is 7. The topological polar surface area (TPSA) is 82.5 Å². The molecular formula is C14H10Cl2N6S2. The zero-order chi connectivity index (χ0) is 16.7. The molecule has 0 unspecified atom stereocenters. The Labute approximate surface area is 155 Å². The third-order valence-corrected chi connectivity index (χ3v) is 6.11. The Kier molecular flexibility index (Phi) is 4.21. The van der Waals surface area contributed by atoms with Crippen molar-refractivity contribution in [1.29, 1.82) is 0 Å². The van der Waals surface area contributed by atoms with Gasteiger partial charge in [0.2, 0.25) is 0 Å². The van der Waals surface area contributed by atoms with Crippen LogP contribution in [0.4, 0.5) is 5.82 Å². The average molecular weight is 397 g/mol. The Morgan fingerprint density at radius 3 is 2.92 bits per heavy atom. The van der Waals surface area contributed by atoms with Crippen LogP contribution in [-0.2, 0) is 6.54 Å². The highest BCUT2D eigenvalue weighted by Gasteiger charge is 2.17. The molecule has 10 heteroatoms. The van der Waals surface area contributed by atoms with Crippen molar-refractivity contribution < 1.29 is 0 Å². The number of aromatic nitrogens is 5. The summed E-state index contributed by atoms with van der Waals surface area (Å²) in [5.74, 6) is 0.789. The minimum atomic E-state index is 0.350. The van der Waals surface area contributed by atoms with E-state index in [4.69, 9.17) is 28.9 Å². The van der Waals surface area contributed by atoms with Crippen molar-refractivity contribution >= 4 is 73.5 Å². The first-order valence-corrected chi connectivity index (χ1v) is 9.47. The molecule has 0 radical (unpaired) electrons. The molecule has 3 aromatic heterocycles. The van der Waals surface area contributed by atoms with Gasteiger partial charge in [-0.3, -0.25) is 0 Å². The van der Waals surface area contributed by atoms with Crippen LogP contribution in [0.25, 0.3) is 21.4 Å². The van der Waals surface area contributed by atoms with Crippen molar-refractivity contribution in [1.82, 2.24) is 24.5 Å². The summed E-state index contributed by atoms with van der Waals surface area (Å²) in [6, 6.07) is 5.68. The number of hydrogen-bond donors (Lipinski definition) is 1. The summed E-state index contributed by atoms with van der Waals surface area (Å²) in [5, 5.41) is 1.43. The molecule has 0 aliphatic carbocycles. The molecule has 0 spiro atoms. The molecule has 0 saturated heterocycles. The second kappa shape index (κ2) is 6.36. The van der Waals surface area contributed by atoms with Gasteiger partial charge in [-0.15, -0.1) is 22.9 Å². The van der Waals surface area contributed by atoms with Gasteiger partial charge in [0.05, 0.1) is 15.2 Å². The van der Waals surface area contributed by atoms with E-state index in [2.05, 4.69) is 19.9 Å². The molecule has 0 aliphatic rings. The number of rotatable bonds is 4. The van der Waals surface area contributed by atoms with E-state index in [9.17, 15) is 0 Å². The summed E-state index contributed by atoms with van der Waals surface area (Å²) in [6.07, 6.45) is 1.43. The number of alkyl halides is 1. The lowest BCUT2D eigenvalue weighted by atomic mass is 10.3. The SMILES string of the molecule is Nc1ncnc2c1nc(Sc1nc3cccc(Cl)c3s1)n2CCCl. The van der Waals surface area contributed by atoms with Gasteiger partial charge < -0.3 is 10.3 Å². The van der Waals surface area contributed by atoms with Gasteiger partial charge in [-0.05, 0) is 23.9 Å². The lowest BCUT2D eigenvalue weighted by molar-refractivity contribution is 0.700. The van der Waals surface area contributed by atoms with Crippen LogP contribution in [-0.4, -0.2) is 30.4 Å². The molecule has 0 atom stereocenters. The molecule has 0 fully saturated rings. The maximum atomic E-state index is 6.23. The van der Waals surface area contributed by atoms with Crippen molar-refractivity contribution in [3.8, 4) is 0 Å². The molecule has 6 nitrogen and oxygen atoms in total. The highest BCUT2D eigenvalue weighted by Crippen LogP contribution is 2.38. The van der Waals surface area contributed by atoms with Crippen LogP contribution in [0, 0.1) is 0 Å². The molecule has 2 N–H and O–H groups in total. The molecule has 0 saturated carbocycles. The molecule has 0 bridgehead atoms. The van der Waals surface area contributed by atoms with Crippen LogP contribution >= 0.6 is 46.3 Å². The van der Waals surface area contributed by atoms with Crippen LogP contribution in [0.2, 0.25) is 5.02 Å². The van der Waals surface area contributed by atoms with E-state index in [1.54, 1.807) is 0 Å². The fourth-order valence-corrected chi connectivity index (χ4v) is 4.84.